The molecule has 4 heteroatoms. The van der Waals surface area contributed by atoms with Crippen LogP contribution in [0.15, 0.2) is 30.3 Å². The molecule has 100 valence electrons. The van der Waals surface area contributed by atoms with E-state index in [1.165, 1.54) is 24.7 Å². The molecule has 2 unspecified atom stereocenters. The van der Waals surface area contributed by atoms with Crippen LogP contribution in [0.3, 0.4) is 0 Å². The smallest absolute Gasteiger partial charge is 0.148 e. The number of sulfone groups is 1. The van der Waals surface area contributed by atoms with E-state index in [4.69, 9.17) is 0 Å². The highest BCUT2D eigenvalue weighted by Crippen LogP contribution is 2.41. The summed E-state index contributed by atoms with van der Waals surface area (Å²) in [5.41, 5.74) is 1.26. The van der Waals surface area contributed by atoms with Crippen LogP contribution in [0, 0.1) is 5.92 Å². The zero-order chi connectivity index (χ0) is 13.2. The van der Waals surface area contributed by atoms with Gasteiger partial charge in [0.05, 0.1) is 5.75 Å². The maximum atomic E-state index is 11.3. The van der Waals surface area contributed by atoms with Gasteiger partial charge in [-0.3, -0.25) is 0 Å². The lowest BCUT2D eigenvalue weighted by Crippen LogP contribution is -2.36. The van der Waals surface area contributed by atoms with Crippen LogP contribution in [0.25, 0.3) is 0 Å². The van der Waals surface area contributed by atoms with E-state index in [1.807, 2.05) is 25.1 Å². The minimum absolute atomic E-state index is 0.00851. The van der Waals surface area contributed by atoms with Gasteiger partial charge in [0, 0.05) is 18.3 Å². The van der Waals surface area contributed by atoms with Gasteiger partial charge in [0.2, 0.25) is 0 Å². The fourth-order valence-electron chi connectivity index (χ4n) is 2.40. The Morgan fingerprint density at radius 3 is 2.39 bits per heavy atom. The molecule has 0 heterocycles. The molecule has 1 N–H and O–H groups in total. The van der Waals surface area contributed by atoms with Gasteiger partial charge in [0.1, 0.15) is 9.84 Å². The van der Waals surface area contributed by atoms with E-state index in [2.05, 4.69) is 17.4 Å². The second-order valence-corrected chi connectivity index (χ2v) is 7.57. The van der Waals surface area contributed by atoms with Crippen molar-refractivity contribution < 1.29 is 8.42 Å². The van der Waals surface area contributed by atoms with Gasteiger partial charge < -0.3 is 5.32 Å². The first-order valence-corrected chi connectivity index (χ1v) is 8.50. The SMILES string of the molecule is CC(CS(C)(=O)=O)NC(c1ccccc1)C1CC1. The number of nitrogens with one attached hydrogen (secondary N) is 1. The van der Waals surface area contributed by atoms with Gasteiger partial charge >= 0.3 is 0 Å². The van der Waals surface area contributed by atoms with Gasteiger partial charge in [-0.1, -0.05) is 30.3 Å². The van der Waals surface area contributed by atoms with Gasteiger partial charge in [-0.25, -0.2) is 8.42 Å². The molecule has 2 atom stereocenters. The molecule has 18 heavy (non-hydrogen) atoms. The van der Waals surface area contributed by atoms with E-state index >= 15 is 0 Å². The molecule has 0 bridgehead atoms. The predicted molar refractivity (Wildman–Crippen MR) is 74.2 cm³/mol. The molecule has 2 rings (SSSR count). The quantitative estimate of drug-likeness (QED) is 0.859. The predicted octanol–water partition coefficient (Wildman–Crippen LogP) is 2.16. The third-order valence-corrected chi connectivity index (χ3v) is 4.37. The average molecular weight is 267 g/mol. The van der Waals surface area contributed by atoms with Crippen LogP contribution in [-0.4, -0.2) is 26.5 Å². The van der Waals surface area contributed by atoms with Crippen molar-refractivity contribution in [2.45, 2.75) is 31.8 Å². The molecule has 1 aliphatic rings. The Morgan fingerprint density at radius 2 is 1.89 bits per heavy atom. The summed E-state index contributed by atoms with van der Waals surface area (Å²) >= 11 is 0. The zero-order valence-corrected chi connectivity index (χ0v) is 11.8. The highest BCUT2D eigenvalue weighted by Gasteiger charge is 2.33. The van der Waals surface area contributed by atoms with Crippen molar-refractivity contribution in [3.63, 3.8) is 0 Å². The molecule has 0 aromatic heterocycles. The molecule has 1 saturated carbocycles. The van der Waals surface area contributed by atoms with E-state index < -0.39 is 9.84 Å². The topological polar surface area (TPSA) is 46.2 Å². The Labute approximate surface area is 110 Å². The first-order chi connectivity index (χ1) is 8.46. The number of hydrogen-bond acceptors (Lipinski definition) is 3. The molecule has 3 nitrogen and oxygen atoms in total. The molecule has 1 fully saturated rings. The normalized spacial score (nSPS) is 19.4. The summed E-state index contributed by atoms with van der Waals surface area (Å²) in [5.74, 6) is 0.859. The third-order valence-electron chi connectivity index (χ3n) is 3.27. The van der Waals surface area contributed by atoms with E-state index in [-0.39, 0.29) is 11.8 Å². The van der Waals surface area contributed by atoms with Gasteiger partial charge in [-0.05, 0) is 31.2 Å². The van der Waals surface area contributed by atoms with Gasteiger partial charge in [0.25, 0.3) is 0 Å². The standard InChI is InChI=1S/C14H21NO2S/c1-11(10-18(2,16)17)15-14(13-8-9-13)12-6-4-3-5-7-12/h3-7,11,13-15H,8-10H2,1-2H3. The lowest BCUT2D eigenvalue weighted by atomic mass is 10.0. The lowest BCUT2D eigenvalue weighted by Gasteiger charge is -2.23. The molecule has 0 radical (unpaired) electrons. The molecule has 0 spiro atoms. The van der Waals surface area contributed by atoms with Crippen molar-refractivity contribution in [2.75, 3.05) is 12.0 Å². The van der Waals surface area contributed by atoms with Crippen molar-refractivity contribution in [1.29, 1.82) is 0 Å². The molecule has 1 aromatic carbocycles. The van der Waals surface area contributed by atoms with Crippen LogP contribution >= 0.6 is 0 Å². The van der Waals surface area contributed by atoms with Gasteiger partial charge in [0.15, 0.2) is 0 Å². The van der Waals surface area contributed by atoms with Crippen LogP contribution in [0.2, 0.25) is 0 Å². The minimum Gasteiger partial charge on any atom is -0.306 e. The fourth-order valence-corrected chi connectivity index (χ4v) is 3.41. The molecule has 0 saturated heterocycles. The first kappa shape index (κ1) is 13.6. The van der Waals surface area contributed by atoms with Crippen LogP contribution in [0.4, 0.5) is 0 Å². The third kappa shape index (κ3) is 4.10. The number of rotatable bonds is 6. The summed E-state index contributed by atoms with van der Waals surface area (Å²) in [7, 11) is -2.92. The molecule has 1 aliphatic carbocycles. The largest absolute Gasteiger partial charge is 0.306 e. The Morgan fingerprint density at radius 1 is 1.28 bits per heavy atom. The Kier molecular flexibility index (Phi) is 4.07. The molecular weight excluding hydrogens is 246 g/mol. The summed E-state index contributed by atoms with van der Waals surface area (Å²) in [6.45, 7) is 1.94. The summed E-state index contributed by atoms with van der Waals surface area (Å²) in [6.07, 6.45) is 3.76. The van der Waals surface area contributed by atoms with Gasteiger partial charge in [-0.15, -0.1) is 0 Å². The summed E-state index contributed by atoms with van der Waals surface area (Å²) in [5, 5.41) is 3.47. The Hall–Kier alpha value is -0.870. The van der Waals surface area contributed by atoms with Crippen LogP contribution in [0.1, 0.15) is 31.4 Å². The first-order valence-electron chi connectivity index (χ1n) is 6.44. The van der Waals surface area contributed by atoms with E-state index in [1.54, 1.807) is 0 Å². The van der Waals surface area contributed by atoms with Crippen molar-refractivity contribution in [1.82, 2.24) is 5.32 Å². The molecule has 1 aromatic rings. The summed E-state index contributed by atoms with van der Waals surface area (Å²) in [6, 6.07) is 10.6. The van der Waals surface area contributed by atoms with E-state index in [0.717, 1.165) is 0 Å². The highest BCUT2D eigenvalue weighted by atomic mass is 32.2. The summed E-state index contributed by atoms with van der Waals surface area (Å²) in [4.78, 5) is 0. The number of hydrogen-bond donors (Lipinski definition) is 1. The monoisotopic (exact) mass is 267 g/mol. The van der Waals surface area contributed by atoms with E-state index in [0.29, 0.717) is 12.0 Å². The molecule has 0 aliphatic heterocycles. The lowest BCUT2D eigenvalue weighted by molar-refractivity contribution is 0.435. The average Bonchev–Trinajstić information content (AvgIpc) is 3.08. The van der Waals surface area contributed by atoms with Crippen molar-refractivity contribution >= 4 is 9.84 Å². The second kappa shape index (κ2) is 5.41. The maximum Gasteiger partial charge on any atom is 0.148 e. The molecule has 0 amide bonds. The van der Waals surface area contributed by atoms with Crippen molar-refractivity contribution in [3.8, 4) is 0 Å². The Balaban J connectivity index is 2.04. The van der Waals surface area contributed by atoms with Crippen molar-refractivity contribution in [3.05, 3.63) is 35.9 Å². The minimum atomic E-state index is -2.92. The summed E-state index contributed by atoms with van der Waals surface area (Å²) < 4.78 is 22.6. The van der Waals surface area contributed by atoms with Crippen molar-refractivity contribution in [2.24, 2.45) is 5.92 Å². The van der Waals surface area contributed by atoms with Crippen LogP contribution in [0.5, 0.6) is 0 Å². The maximum absolute atomic E-state index is 11.3. The van der Waals surface area contributed by atoms with E-state index in [9.17, 15) is 8.42 Å². The number of benzene rings is 1. The second-order valence-electron chi connectivity index (χ2n) is 5.39. The fraction of sp³-hybridized carbons (Fsp3) is 0.571. The van der Waals surface area contributed by atoms with Crippen LogP contribution < -0.4 is 5.32 Å². The zero-order valence-electron chi connectivity index (χ0n) is 11.0. The Bertz CT molecular complexity index is 480. The van der Waals surface area contributed by atoms with Gasteiger partial charge in [-0.2, -0.15) is 0 Å². The highest BCUT2D eigenvalue weighted by molar-refractivity contribution is 7.90. The molecular formula is C14H21NO2S. The van der Waals surface area contributed by atoms with Crippen LogP contribution in [-0.2, 0) is 9.84 Å².